The van der Waals surface area contributed by atoms with Gasteiger partial charge in [0.1, 0.15) is 5.54 Å². The van der Waals surface area contributed by atoms with Crippen molar-refractivity contribution in [2.75, 3.05) is 13.6 Å². The maximum atomic E-state index is 12.0. The Hall–Kier alpha value is -1.26. The predicted molar refractivity (Wildman–Crippen MR) is 67.3 cm³/mol. The van der Waals surface area contributed by atoms with Gasteiger partial charge in [0.2, 0.25) is 0 Å². The van der Waals surface area contributed by atoms with E-state index in [-0.39, 0.29) is 6.03 Å². The summed E-state index contributed by atoms with van der Waals surface area (Å²) in [6, 6.07) is -0.244. The van der Waals surface area contributed by atoms with Crippen LogP contribution in [0.25, 0.3) is 0 Å². The van der Waals surface area contributed by atoms with Gasteiger partial charge < -0.3 is 15.3 Å². The Morgan fingerprint density at radius 3 is 2.33 bits per heavy atom. The number of rotatable bonds is 4. The molecule has 2 saturated carbocycles. The number of amides is 2. The zero-order valence-corrected chi connectivity index (χ0v) is 10.9. The van der Waals surface area contributed by atoms with Crippen molar-refractivity contribution in [2.24, 2.45) is 5.92 Å². The normalized spacial score (nSPS) is 22.3. The number of carbonyl (C=O) groups excluding carboxylic acids is 1. The number of carbonyl (C=O) groups is 2. The number of aliphatic carboxylic acids is 1. The van der Waals surface area contributed by atoms with Gasteiger partial charge in [0.05, 0.1) is 0 Å². The van der Waals surface area contributed by atoms with Crippen LogP contribution in [0.15, 0.2) is 0 Å². The maximum absolute atomic E-state index is 12.0. The van der Waals surface area contributed by atoms with Gasteiger partial charge in [-0.15, -0.1) is 0 Å². The second kappa shape index (κ2) is 5.16. The number of nitrogens with one attached hydrogen (secondary N) is 1. The summed E-state index contributed by atoms with van der Waals surface area (Å²) < 4.78 is 0. The van der Waals surface area contributed by atoms with Gasteiger partial charge in [0.15, 0.2) is 0 Å². The highest BCUT2D eigenvalue weighted by Crippen LogP contribution is 2.30. The first kappa shape index (κ1) is 13.2. The first-order valence-corrected chi connectivity index (χ1v) is 6.80. The molecule has 2 aliphatic carbocycles. The summed E-state index contributed by atoms with van der Waals surface area (Å²) in [6.07, 6.45) is 6.46. The highest BCUT2D eigenvalue weighted by atomic mass is 16.4. The maximum Gasteiger partial charge on any atom is 0.329 e. The topological polar surface area (TPSA) is 69.6 Å². The molecule has 2 rings (SSSR count). The van der Waals surface area contributed by atoms with Gasteiger partial charge in [-0.1, -0.05) is 19.3 Å². The van der Waals surface area contributed by atoms with Crippen LogP contribution in [0.1, 0.15) is 44.9 Å². The van der Waals surface area contributed by atoms with Crippen LogP contribution in [0.4, 0.5) is 4.79 Å². The lowest BCUT2D eigenvalue weighted by molar-refractivity contribution is -0.144. The molecule has 0 aromatic rings. The van der Waals surface area contributed by atoms with Crippen molar-refractivity contribution in [1.29, 1.82) is 0 Å². The van der Waals surface area contributed by atoms with E-state index in [1.165, 1.54) is 19.3 Å². The van der Waals surface area contributed by atoms with Gasteiger partial charge in [0.25, 0.3) is 0 Å². The summed E-state index contributed by atoms with van der Waals surface area (Å²) in [5, 5.41) is 12.0. The highest BCUT2D eigenvalue weighted by Gasteiger charge is 2.43. The minimum absolute atomic E-state index is 0.244. The van der Waals surface area contributed by atoms with Crippen molar-refractivity contribution in [3.63, 3.8) is 0 Å². The molecule has 0 atom stereocenters. The summed E-state index contributed by atoms with van der Waals surface area (Å²) in [6.45, 7) is 0.738. The van der Waals surface area contributed by atoms with Gasteiger partial charge in [0, 0.05) is 13.6 Å². The van der Waals surface area contributed by atoms with Gasteiger partial charge in [-0.2, -0.15) is 0 Å². The summed E-state index contributed by atoms with van der Waals surface area (Å²) in [4.78, 5) is 25.0. The average molecular weight is 254 g/mol. The fourth-order valence-electron chi connectivity index (χ4n) is 2.82. The van der Waals surface area contributed by atoms with Crippen molar-refractivity contribution >= 4 is 12.0 Å². The zero-order valence-electron chi connectivity index (χ0n) is 10.9. The molecule has 0 aromatic carbocycles. The molecule has 2 amide bonds. The molecule has 5 heteroatoms. The summed E-state index contributed by atoms with van der Waals surface area (Å²) in [5.74, 6) is -0.296. The van der Waals surface area contributed by atoms with E-state index in [0.29, 0.717) is 18.8 Å². The van der Waals surface area contributed by atoms with Gasteiger partial charge >= 0.3 is 12.0 Å². The quantitative estimate of drug-likeness (QED) is 0.804. The Kier molecular flexibility index (Phi) is 3.78. The average Bonchev–Trinajstić information content (AvgIpc) is 2.72. The lowest BCUT2D eigenvalue weighted by Crippen LogP contribution is -2.56. The molecule has 2 aliphatic rings. The van der Waals surface area contributed by atoms with E-state index >= 15 is 0 Å². The molecule has 0 radical (unpaired) electrons. The predicted octanol–water partition coefficient (Wildman–Crippen LogP) is 1.83. The fraction of sp³-hybridized carbons (Fsp3) is 0.846. The van der Waals surface area contributed by atoms with Crippen LogP contribution in [-0.4, -0.2) is 41.1 Å². The minimum atomic E-state index is -1.02. The van der Waals surface area contributed by atoms with E-state index in [4.69, 9.17) is 0 Å². The van der Waals surface area contributed by atoms with Crippen LogP contribution < -0.4 is 5.32 Å². The molecule has 18 heavy (non-hydrogen) atoms. The van der Waals surface area contributed by atoms with Crippen molar-refractivity contribution in [1.82, 2.24) is 10.2 Å². The van der Waals surface area contributed by atoms with Crippen molar-refractivity contribution in [3.8, 4) is 0 Å². The molecule has 0 aliphatic heterocycles. The lowest BCUT2D eigenvalue weighted by Gasteiger charge is -2.33. The molecule has 2 fully saturated rings. The molecule has 0 spiro atoms. The number of nitrogens with zero attached hydrogens (tertiary/aromatic N) is 1. The van der Waals surface area contributed by atoms with E-state index in [9.17, 15) is 14.7 Å². The lowest BCUT2D eigenvalue weighted by atomic mass is 9.85. The Bertz CT molecular complexity index is 333. The van der Waals surface area contributed by atoms with Crippen LogP contribution in [0.3, 0.4) is 0 Å². The van der Waals surface area contributed by atoms with E-state index < -0.39 is 11.5 Å². The Morgan fingerprint density at radius 1 is 1.28 bits per heavy atom. The molecule has 0 aromatic heterocycles. The van der Waals surface area contributed by atoms with E-state index in [2.05, 4.69) is 5.32 Å². The number of hydrogen-bond acceptors (Lipinski definition) is 2. The van der Waals surface area contributed by atoms with Crippen LogP contribution in [0.2, 0.25) is 0 Å². The molecular formula is C13H22N2O3. The van der Waals surface area contributed by atoms with Gasteiger partial charge in [-0.05, 0) is 31.6 Å². The molecule has 0 saturated heterocycles. The Labute approximate surface area is 108 Å². The van der Waals surface area contributed by atoms with Crippen LogP contribution >= 0.6 is 0 Å². The molecule has 0 unspecified atom stereocenters. The third kappa shape index (κ3) is 2.60. The number of hydrogen-bond donors (Lipinski definition) is 2. The van der Waals surface area contributed by atoms with E-state index in [1.54, 1.807) is 11.9 Å². The fourth-order valence-corrected chi connectivity index (χ4v) is 2.82. The molecule has 0 heterocycles. The first-order chi connectivity index (χ1) is 8.53. The van der Waals surface area contributed by atoms with Gasteiger partial charge in [-0.3, -0.25) is 0 Å². The number of urea groups is 1. The summed E-state index contributed by atoms with van der Waals surface area (Å²) >= 11 is 0. The molecular weight excluding hydrogens is 232 g/mol. The zero-order chi connectivity index (χ0) is 13.2. The van der Waals surface area contributed by atoms with Crippen LogP contribution in [0.5, 0.6) is 0 Å². The number of carboxylic acids is 1. The van der Waals surface area contributed by atoms with Gasteiger partial charge in [-0.25, -0.2) is 9.59 Å². The highest BCUT2D eigenvalue weighted by molar-refractivity contribution is 5.86. The SMILES string of the molecule is CN(CC1CCC1)C(=O)NC1(C(=O)O)CCCC1. The largest absolute Gasteiger partial charge is 0.480 e. The van der Waals surface area contributed by atoms with Crippen molar-refractivity contribution in [2.45, 2.75) is 50.5 Å². The summed E-state index contributed by atoms with van der Waals surface area (Å²) in [7, 11) is 1.75. The Balaban J connectivity index is 1.89. The molecule has 5 nitrogen and oxygen atoms in total. The van der Waals surface area contributed by atoms with E-state index in [1.807, 2.05) is 0 Å². The minimum Gasteiger partial charge on any atom is -0.480 e. The van der Waals surface area contributed by atoms with Crippen LogP contribution in [0, 0.1) is 5.92 Å². The smallest absolute Gasteiger partial charge is 0.329 e. The standard InChI is InChI=1S/C13H22N2O3/c1-15(9-10-5-4-6-10)12(18)14-13(11(16)17)7-2-3-8-13/h10H,2-9H2,1H3,(H,14,18)(H,16,17). The van der Waals surface area contributed by atoms with Crippen molar-refractivity contribution < 1.29 is 14.7 Å². The monoisotopic (exact) mass is 254 g/mol. The third-order valence-electron chi connectivity index (χ3n) is 4.32. The molecule has 0 bridgehead atoms. The van der Waals surface area contributed by atoms with Crippen LogP contribution in [-0.2, 0) is 4.79 Å². The number of carboxylic acid groups (broad SMARTS) is 1. The third-order valence-corrected chi connectivity index (χ3v) is 4.32. The Morgan fingerprint density at radius 2 is 1.89 bits per heavy atom. The second-order valence-electron chi connectivity index (χ2n) is 5.70. The molecule has 102 valence electrons. The molecule has 2 N–H and O–H groups in total. The van der Waals surface area contributed by atoms with Crippen molar-refractivity contribution in [3.05, 3.63) is 0 Å². The van der Waals surface area contributed by atoms with E-state index in [0.717, 1.165) is 19.4 Å². The summed E-state index contributed by atoms with van der Waals surface area (Å²) in [5.41, 5.74) is -1.02. The second-order valence-corrected chi connectivity index (χ2v) is 5.70. The first-order valence-electron chi connectivity index (χ1n) is 6.80.